The van der Waals surface area contributed by atoms with Crippen molar-refractivity contribution in [3.63, 3.8) is 0 Å². The first-order chi connectivity index (χ1) is 16.8. The quantitative estimate of drug-likeness (QED) is 0.467. The number of benzene rings is 2. The van der Waals surface area contributed by atoms with Gasteiger partial charge in [0.05, 0.1) is 19.1 Å². The second kappa shape index (κ2) is 11.3. The molecule has 2 fully saturated rings. The van der Waals surface area contributed by atoms with Crippen LogP contribution in [0.1, 0.15) is 49.7 Å². The molecule has 6 nitrogen and oxygen atoms in total. The first kappa shape index (κ1) is 26.0. The molecule has 2 heterocycles. The fourth-order valence-corrected chi connectivity index (χ4v) is 5.82. The Morgan fingerprint density at radius 2 is 1.94 bits per heavy atom. The molecule has 2 saturated heterocycles. The van der Waals surface area contributed by atoms with Crippen molar-refractivity contribution >= 4 is 35.1 Å². The summed E-state index contributed by atoms with van der Waals surface area (Å²) >= 11 is 12.5. The lowest BCUT2D eigenvalue weighted by atomic mass is 9.70. The molecule has 8 heteroatoms. The zero-order valence-electron chi connectivity index (χ0n) is 19.8. The number of rotatable bonds is 8. The number of hydrogen-bond acceptors (Lipinski definition) is 4. The predicted molar refractivity (Wildman–Crippen MR) is 137 cm³/mol. The third-order valence-corrected chi connectivity index (χ3v) is 8.02. The number of aliphatic carboxylic acids is 1. The average molecular weight is 519 g/mol. The summed E-state index contributed by atoms with van der Waals surface area (Å²) in [6.07, 6.45) is 1.75. The topological polar surface area (TPSA) is 87.7 Å². The lowest BCUT2D eigenvalue weighted by Gasteiger charge is -2.43. The number of ether oxygens (including phenoxy) is 1. The highest BCUT2D eigenvalue weighted by molar-refractivity contribution is 6.30. The first-order valence-electron chi connectivity index (χ1n) is 12.1. The Bertz CT molecular complexity index is 1040. The monoisotopic (exact) mass is 518 g/mol. The highest BCUT2D eigenvalue weighted by Crippen LogP contribution is 2.40. The maximum absolute atomic E-state index is 12.9. The van der Waals surface area contributed by atoms with Crippen molar-refractivity contribution in [1.82, 2.24) is 10.6 Å². The Kier molecular flexibility index (Phi) is 8.38. The highest BCUT2D eigenvalue weighted by atomic mass is 35.5. The van der Waals surface area contributed by atoms with Gasteiger partial charge in [-0.25, -0.2) is 0 Å². The molecule has 0 spiro atoms. The fraction of sp³-hybridized carbons (Fsp3) is 0.481. The second-order valence-corrected chi connectivity index (χ2v) is 10.7. The lowest BCUT2D eigenvalue weighted by molar-refractivity contribution is -0.142. The average Bonchev–Trinajstić information content (AvgIpc) is 2.84. The highest BCUT2D eigenvalue weighted by Gasteiger charge is 2.42. The van der Waals surface area contributed by atoms with Gasteiger partial charge in [-0.15, -0.1) is 0 Å². The van der Waals surface area contributed by atoms with Gasteiger partial charge < -0.3 is 20.5 Å². The van der Waals surface area contributed by atoms with Crippen LogP contribution in [0, 0.1) is 5.92 Å². The molecule has 2 aromatic carbocycles. The van der Waals surface area contributed by atoms with Gasteiger partial charge in [0.15, 0.2) is 0 Å². The molecular formula is C27H32Cl2N2O4. The summed E-state index contributed by atoms with van der Waals surface area (Å²) in [6, 6.07) is 15.4. The van der Waals surface area contributed by atoms with Gasteiger partial charge in [-0.05, 0) is 54.7 Å². The van der Waals surface area contributed by atoms with E-state index in [1.807, 2.05) is 36.4 Å². The molecule has 0 aromatic heterocycles. The fourth-order valence-electron chi connectivity index (χ4n) is 5.50. The summed E-state index contributed by atoms with van der Waals surface area (Å²) in [5.41, 5.74) is 1.85. The van der Waals surface area contributed by atoms with Crippen molar-refractivity contribution in [2.24, 2.45) is 5.92 Å². The number of amides is 1. The van der Waals surface area contributed by atoms with Gasteiger partial charge in [0, 0.05) is 46.4 Å². The van der Waals surface area contributed by atoms with Crippen LogP contribution in [0.15, 0.2) is 48.5 Å². The van der Waals surface area contributed by atoms with E-state index < -0.39 is 11.9 Å². The molecule has 2 aliphatic rings. The summed E-state index contributed by atoms with van der Waals surface area (Å²) in [5, 5.41) is 17.2. The van der Waals surface area contributed by atoms with Gasteiger partial charge in [0.1, 0.15) is 0 Å². The van der Waals surface area contributed by atoms with E-state index in [9.17, 15) is 14.7 Å². The molecular weight excluding hydrogens is 487 g/mol. The number of halogens is 2. The van der Waals surface area contributed by atoms with E-state index in [0.717, 1.165) is 30.6 Å². The molecule has 0 radical (unpaired) electrons. The van der Waals surface area contributed by atoms with Crippen molar-refractivity contribution in [2.45, 2.75) is 56.1 Å². The van der Waals surface area contributed by atoms with Crippen molar-refractivity contribution in [2.75, 3.05) is 19.7 Å². The standard InChI is InChI=1S/C27H32Cl2N2O4/c1-27(24-16-30-11-12-35-24,19-5-7-20(28)8-6-19)10-9-23-22(17-3-2-4-21(29)13-17)14-18(15-25(32)33)26(34)31-23/h2-8,13,18,22-24,30H,9-12,14-16H2,1H3,(H,31,34)(H,32,33)/t18-,22-,23+,24-,27+/m1/s1. The van der Waals surface area contributed by atoms with Gasteiger partial charge >= 0.3 is 5.97 Å². The van der Waals surface area contributed by atoms with Gasteiger partial charge in [0.25, 0.3) is 0 Å². The number of carboxylic acid groups (broad SMARTS) is 1. The SMILES string of the molecule is C[C@](CC[C@@H]1NC(=O)[C@@H](CC(=O)O)C[C@@H]1c1cccc(Cl)c1)(c1ccc(Cl)cc1)[C@H]1CNCCO1. The number of morpholine rings is 1. The van der Waals surface area contributed by atoms with E-state index in [-0.39, 0.29) is 35.8 Å². The smallest absolute Gasteiger partial charge is 0.304 e. The third kappa shape index (κ3) is 6.18. The van der Waals surface area contributed by atoms with Crippen molar-refractivity contribution in [1.29, 1.82) is 0 Å². The second-order valence-electron chi connectivity index (χ2n) is 9.83. The minimum absolute atomic E-state index is 0.0268. The number of carboxylic acids is 1. The largest absolute Gasteiger partial charge is 0.481 e. The molecule has 0 unspecified atom stereocenters. The number of piperidine rings is 1. The maximum atomic E-state index is 12.9. The zero-order valence-corrected chi connectivity index (χ0v) is 21.3. The number of nitrogens with one attached hydrogen (secondary N) is 2. The maximum Gasteiger partial charge on any atom is 0.304 e. The van der Waals surface area contributed by atoms with Crippen LogP contribution in [0.4, 0.5) is 0 Å². The van der Waals surface area contributed by atoms with Crippen LogP contribution in [0.2, 0.25) is 10.0 Å². The van der Waals surface area contributed by atoms with Crippen LogP contribution in [-0.4, -0.2) is 48.8 Å². The Hall–Kier alpha value is -2.12. The number of carbonyl (C=O) groups excluding carboxylic acids is 1. The van der Waals surface area contributed by atoms with Crippen molar-refractivity contribution in [3.05, 3.63) is 69.7 Å². The molecule has 35 heavy (non-hydrogen) atoms. The van der Waals surface area contributed by atoms with E-state index in [1.165, 1.54) is 0 Å². The minimum atomic E-state index is -0.967. The molecule has 0 saturated carbocycles. The van der Waals surface area contributed by atoms with Gasteiger partial charge in [-0.2, -0.15) is 0 Å². The van der Waals surface area contributed by atoms with Crippen LogP contribution >= 0.6 is 23.2 Å². The summed E-state index contributed by atoms with van der Waals surface area (Å²) in [4.78, 5) is 24.2. The van der Waals surface area contributed by atoms with Gasteiger partial charge in [-0.1, -0.05) is 54.4 Å². The van der Waals surface area contributed by atoms with E-state index in [2.05, 4.69) is 29.7 Å². The van der Waals surface area contributed by atoms with Crippen LogP contribution in [0.25, 0.3) is 0 Å². The molecule has 2 aliphatic heterocycles. The number of carbonyl (C=O) groups is 2. The minimum Gasteiger partial charge on any atom is -0.481 e. The van der Waals surface area contributed by atoms with E-state index in [4.69, 9.17) is 27.9 Å². The normalized spacial score (nSPS) is 26.5. The third-order valence-electron chi connectivity index (χ3n) is 7.54. The first-order valence-corrected chi connectivity index (χ1v) is 12.9. The molecule has 3 N–H and O–H groups in total. The number of hydrogen-bond donors (Lipinski definition) is 3. The van der Waals surface area contributed by atoms with E-state index in [1.54, 1.807) is 0 Å². The molecule has 188 valence electrons. The van der Waals surface area contributed by atoms with Crippen molar-refractivity contribution < 1.29 is 19.4 Å². The van der Waals surface area contributed by atoms with Crippen LogP contribution < -0.4 is 10.6 Å². The van der Waals surface area contributed by atoms with Crippen LogP contribution in [0.5, 0.6) is 0 Å². The Balaban J connectivity index is 1.60. The predicted octanol–water partition coefficient (Wildman–Crippen LogP) is 4.78. The Labute approximate surface area is 216 Å². The van der Waals surface area contributed by atoms with Gasteiger partial charge in [0.2, 0.25) is 5.91 Å². The zero-order chi connectivity index (χ0) is 25.0. The van der Waals surface area contributed by atoms with Gasteiger partial charge in [-0.3, -0.25) is 9.59 Å². The summed E-state index contributed by atoms with van der Waals surface area (Å²) in [5.74, 6) is -1.76. The molecule has 5 atom stereocenters. The van der Waals surface area contributed by atoms with Crippen LogP contribution in [-0.2, 0) is 19.7 Å². The molecule has 0 aliphatic carbocycles. The Morgan fingerprint density at radius 1 is 1.17 bits per heavy atom. The molecule has 4 rings (SSSR count). The van der Waals surface area contributed by atoms with E-state index in [0.29, 0.717) is 29.5 Å². The summed E-state index contributed by atoms with van der Waals surface area (Å²) < 4.78 is 6.21. The summed E-state index contributed by atoms with van der Waals surface area (Å²) in [6.45, 7) is 4.43. The van der Waals surface area contributed by atoms with E-state index >= 15 is 0 Å². The summed E-state index contributed by atoms with van der Waals surface area (Å²) in [7, 11) is 0. The molecule has 0 bridgehead atoms. The van der Waals surface area contributed by atoms with Crippen molar-refractivity contribution in [3.8, 4) is 0 Å². The Morgan fingerprint density at radius 3 is 2.60 bits per heavy atom. The lowest BCUT2D eigenvalue weighted by Crippen LogP contribution is -2.52. The molecule has 1 amide bonds. The van der Waals surface area contributed by atoms with Crippen LogP contribution in [0.3, 0.4) is 0 Å². The molecule has 2 aromatic rings.